The van der Waals surface area contributed by atoms with Crippen molar-refractivity contribution in [1.82, 2.24) is 15.8 Å². The summed E-state index contributed by atoms with van der Waals surface area (Å²) in [5, 5.41) is 0. The molecule has 2 rings (SSSR count). The Labute approximate surface area is 180 Å². The van der Waals surface area contributed by atoms with Crippen molar-refractivity contribution < 1.29 is 4.79 Å². The fourth-order valence-electron chi connectivity index (χ4n) is 3.59. The lowest BCUT2D eigenvalue weighted by Gasteiger charge is -2.28. The quantitative estimate of drug-likeness (QED) is 0.251. The van der Waals surface area contributed by atoms with E-state index in [0.29, 0.717) is 0 Å². The van der Waals surface area contributed by atoms with E-state index in [2.05, 4.69) is 66.1 Å². The van der Waals surface area contributed by atoms with E-state index in [1.165, 1.54) is 0 Å². The molecule has 0 radical (unpaired) electrons. The van der Waals surface area contributed by atoms with Crippen LogP contribution in [0.3, 0.4) is 0 Å². The van der Waals surface area contributed by atoms with Crippen LogP contribution in [0.15, 0.2) is 65.3 Å². The Morgan fingerprint density at radius 3 is 2.43 bits per heavy atom. The number of hydrazine groups is 1. The number of aliphatic imine (C=N–C) groups is 1. The van der Waals surface area contributed by atoms with Crippen molar-refractivity contribution in [2.75, 3.05) is 14.1 Å². The van der Waals surface area contributed by atoms with E-state index >= 15 is 0 Å². The van der Waals surface area contributed by atoms with E-state index in [1.807, 2.05) is 37.1 Å². The van der Waals surface area contributed by atoms with E-state index < -0.39 is 0 Å². The zero-order valence-electron chi connectivity index (χ0n) is 18.8. The lowest BCUT2D eigenvalue weighted by atomic mass is 9.96. The van der Waals surface area contributed by atoms with Gasteiger partial charge in [0.05, 0.1) is 6.04 Å². The van der Waals surface area contributed by atoms with Crippen molar-refractivity contribution in [3.8, 4) is 11.1 Å². The van der Waals surface area contributed by atoms with Crippen LogP contribution in [-0.2, 0) is 4.79 Å². The van der Waals surface area contributed by atoms with Gasteiger partial charge in [0, 0.05) is 25.4 Å². The number of benzene rings is 2. The first-order valence-electron chi connectivity index (χ1n) is 10.6. The summed E-state index contributed by atoms with van der Waals surface area (Å²) in [5.41, 5.74) is 11.5. The van der Waals surface area contributed by atoms with Crippen LogP contribution in [0.4, 0.5) is 0 Å². The molecule has 5 heteroatoms. The minimum absolute atomic E-state index is 0.0198. The molecule has 1 unspecified atom stereocenters. The molecule has 0 heterocycles. The normalized spacial score (nSPS) is 13.1. The highest BCUT2D eigenvalue weighted by Crippen LogP contribution is 2.29. The maximum absolute atomic E-state index is 11.8. The van der Waals surface area contributed by atoms with Gasteiger partial charge in [-0.1, -0.05) is 68.0 Å². The number of nitrogens with one attached hydrogen (secondary N) is 2. The van der Waals surface area contributed by atoms with E-state index in [-0.39, 0.29) is 6.04 Å². The standard InChI is InChI=1S/C25H34N4O/c1-6-8-11-22(7-2)29(18-30)19(3)20-14-16-21(17-15-20)23-12-9-10-13-24(23)25(26-4)28-27-5/h7,9-10,12-19,27H,6,8,11H2,1-5H3,(H,26,28)/b22-7-. The van der Waals surface area contributed by atoms with Crippen LogP contribution in [0, 0.1) is 0 Å². The first kappa shape index (κ1) is 23.4. The Hall–Kier alpha value is -2.92. The third kappa shape index (κ3) is 5.57. The summed E-state index contributed by atoms with van der Waals surface area (Å²) in [5.74, 6) is 0.784. The zero-order chi connectivity index (χ0) is 21.9. The number of amidine groups is 1. The van der Waals surface area contributed by atoms with Crippen LogP contribution in [0.5, 0.6) is 0 Å². The van der Waals surface area contributed by atoms with Gasteiger partial charge in [-0.25, -0.2) is 5.43 Å². The number of nitrogens with zero attached hydrogens (tertiary/aromatic N) is 2. The summed E-state index contributed by atoms with van der Waals surface area (Å²) in [4.78, 5) is 18.0. The highest BCUT2D eigenvalue weighted by molar-refractivity contribution is 6.04. The van der Waals surface area contributed by atoms with Gasteiger partial charge in [-0.15, -0.1) is 0 Å². The van der Waals surface area contributed by atoms with Crippen LogP contribution >= 0.6 is 0 Å². The number of allylic oxidation sites excluding steroid dienone is 2. The van der Waals surface area contributed by atoms with Crippen molar-refractivity contribution in [3.63, 3.8) is 0 Å². The van der Waals surface area contributed by atoms with Gasteiger partial charge in [0.25, 0.3) is 0 Å². The molecule has 0 fully saturated rings. The number of hydrogen-bond donors (Lipinski definition) is 2. The molecule has 1 amide bonds. The smallest absolute Gasteiger partial charge is 0.214 e. The lowest BCUT2D eigenvalue weighted by Crippen LogP contribution is -2.35. The summed E-state index contributed by atoms with van der Waals surface area (Å²) >= 11 is 0. The summed E-state index contributed by atoms with van der Waals surface area (Å²) < 4.78 is 0. The maximum atomic E-state index is 11.8. The molecular formula is C25H34N4O. The zero-order valence-corrected chi connectivity index (χ0v) is 18.8. The predicted octanol–water partition coefficient (Wildman–Crippen LogP) is 5.07. The highest BCUT2D eigenvalue weighted by atomic mass is 16.1. The number of carbonyl (C=O) groups excluding carboxylic acids is 1. The number of rotatable bonds is 10. The molecule has 0 saturated heterocycles. The number of carbonyl (C=O) groups is 1. The third-order valence-corrected chi connectivity index (χ3v) is 5.34. The van der Waals surface area contributed by atoms with Crippen molar-refractivity contribution in [2.24, 2.45) is 4.99 Å². The van der Waals surface area contributed by atoms with Gasteiger partial charge in [0.2, 0.25) is 6.41 Å². The second kappa shape index (κ2) is 11.9. The number of amides is 1. The third-order valence-electron chi connectivity index (χ3n) is 5.34. The predicted molar refractivity (Wildman–Crippen MR) is 126 cm³/mol. The maximum Gasteiger partial charge on any atom is 0.214 e. The van der Waals surface area contributed by atoms with Gasteiger partial charge in [0.15, 0.2) is 0 Å². The van der Waals surface area contributed by atoms with Gasteiger partial charge < -0.3 is 10.3 Å². The van der Waals surface area contributed by atoms with E-state index in [4.69, 9.17) is 0 Å². The fraction of sp³-hybridized carbons (Fsp3) is 0.360. The molecule has 0 bridgehead atoms. The van der Waals surface area contributed by atoms with Gasteiger partial charge in [-0.05, 0) is 43.4 Å². The number of unbranched alkanes of at least 4 members (excludes halogenated alkanes) is 1. The molecule has 0 aliphatic carbocycles. The molecule has 0 saturated carbocycles. The van der Waals surface area contributed by atoms with Crippen LogP contribution in [0.25, 0.3) is 11.1 Å². The highest BCUT2D eigenvalue weighted by Gasteiger charge is 2.18. The topological polar surface area (TPSA) is 56.7 Å². The van der Waals surface area contributed by atoms with Crippen LogP contribution in [-0.4, -0.2) is 31.2 Å². The summed E-state index contributed by atoms with van der Waals surface area (Å²) in [6.07, 6.45) is 6.10. The molecule has 2 aromatic carbocycles. The van der Waals surface area contributed by atoms with E-state index in [1.54, 1.807) is 7.05 Å². The van der Waals surface area contributed by atoms with Gasteiger partial charge in [-0.3, -0.25) is 9.79 Å². The first-order valence-corrected chi connectivity index (χ1v) is 10.6. The molecular weight excluding hydrogens is 372 g/mol. The fourth-order valence-corrected chi connectivity index (χ4v) is 3.59. The molecule has 160 valence electrons. The molecule has 0 spiro atoms. The Bertz CT molecular complexity index is 871. The average molecular weight is 407 g/mol. The summed E-state index contributed by atoms with van der Waals surface area (Å²) in [7, 11) is 3.59. The van der Waals surface area contributed by atoms with E-state index in [0.717, 1.165) is 59.5 Å². The molecule has 0 aromatic heterocycles. The SMILES string of the molecule is C/C=C(/CCCC)N(C=O)C(C)c1ccc(-c2ccccc2C(=NC)NNC)cc1. The second-order valence-electron chi connectivity index (χ2n) is 7.19. The molecule has 5 nitrogen and oxygen atoms in total. The van der Waals surface area contributed by atoms with Crippen LogP contribution < -0.4 is 10.9 Å². The molecule has 0 aliphatic rings. The molecule has 1 atom stereocenters. The average Bonchev–Trinajstić information content (AvgIpc) is 2.80. The van der Waals surface area contributed by atoms with Crippen molar-refractivity contribution in [3.05, 3.63) is 71.4 Å². The van der Waals surface area contributed by atoms with Crippen molar-refractivity contribution in [2.45, 2.75) is 46.1 Å². The van der Waals surface area contributed by atoms with Crippen LogP contribution in [0.1, 0.15) is 57.2 Å². The minimum Gasteiger partial charge on any atom is -0.312 e. The Morgan fingerprint density at radius 2 is 1.87 bits per heavy atom. The lowest BCUT2D eigenvalue weighted by molar-refractivity contribution is -0.118. The first-order chi connectivity index (χ1) is 14.6. The van der Waals surface area contributed by atoms with Gasteiger partial charge in [-0.2, -0.15) is 0 Å². The molecule has 0 aliphatic heterocycles. The molecule has 2 aromatic rings. The Kier molecular flexibility index (Phi) is 9.29. The Morgan fingerprint density at radius 1 is 1.17 bits per heavy atom. The van der Waals surface area contributed by atoms with Gasteiger partial charge in [0.1, 0.15) is 5.84 Å². The van der Waals surface area contributed by atoms with E-state index in [9.17, 15) is 4.79 Å². The number of hydrogen-bond acceptors (Lipinski definition) is 3. The monoisotopic (exact) mass is 406 g/mol. The largest absolute Gasteiger partial charge is 0.312 e. The van der Waals surface area contributed by atoms with Crippen molar-refractivity contribution in [1.29, 1.82) is 0 Å². The summed E-state index contributed by atoms with van der Waals surface area (Å²) in [6, 6.07) is 16.6. The molecule has 2 N–H and O–H groups in total. The second-order valence-corrected chi connectivity index (χ2v) is 7.19. The van der Waals surface area contributed by atoms with Crippen LogP contribution in [0.2, 0.25) is 0 Å². The van der Waals surface area contributed by atoms with Gasteiger partial charge >= 0.3 is 0 Å². The Balaban J connectivity index is 2.32. The minimum atomic E-state index is -0.0198. The van der Waals surface area contributed by atoms with Crippen molar-refractivity contribution >= 4 is 12.2 Å². The summed E-state index contributed by atoms with van der Waals surface area (Å²) in [6.45, 7) is 6.24. The molecule has 30 heavy (non-hydrogen) atoms.